The summed E-state index contributed by atoms with van der Waals surface area (Å²) in [7, 11) is 1.83. The fraction of sp³-hybridized carbons (Fsp3) is 0.154. The van der Waals surface area contributed by atoms with E-state index in [1.54, 1.807) is 0 Å². The van der Waals surface area contributed by atoms with Gasteiger partial charge < -0.3 is 4.90 Å². The molecule has 0 atom stereocenters. The van der Waals surface area contributed by atoms with Crippen LogP contribution in [0.25, 0.3) is 0 Å². The zero-order valence-electron chi connectivity index (χ0n) is 10.2. The summed E-state index contributed by atoms with van der Waals surface area (Å²) in [6.45, 7) is 0.564. The lowest BCUT2D eigenvalue weighted by atomic mass is 10.2. The third-order valence-electron chi connectivity index (χ3n) is 2.60. The van der Waals surface area contributed by atoms with Crippen LogP contribution >= 0.6 is 23.2 Å². The summed E-state index contributed by atoms with van der Waals surface area (Å²) in [5.41, 5.74) is 1.30. The van der Waals surface area contributed by atoms with Crippen molar-refractivity contribution >= 4 is 35.3 Å². The second-order valence-corrected chi connectivity index (χ2v) is 4.80. The van der Waals surface area contributed by atoms with E-state index < -0.39 is 0 Å². The summed E-state index contributed by atoms with van der Waals surface area (Å²) in [6.07, 6.45) is 1.99. The van der Waals surface area contributed by atoms with Crippen LogP contribution in [0, 0.1) is 0 Å². The fourth-order valence-electron chi connectivity index (χ4n) is 1.76. The summed E-state index contributed by atoms with van der Waals surface area (Å²) in [5.74, 6) is 0.495. The van der Waals surface area contributed by atoms with Gasteiger partial charge in [-0.2, -0.15) is 0 Å². The van der Waals surface area contributed by atoms with Gasteiger partial charge in [-0.05, 0) is 17.7 Å². The minimum absolute atomic E-state index is 0.151. The number of carbonyl (C=O) groups is 1. The molecule has 0 radical (unpaired) electrons. The molecule has 0 aliphatic carbocycles. The molecule has 0 N–H and O–H groups in total. The zero-order chi connectivity index (χ0) is 13.8. The van der Waals surface area contributed by atoms with Gasteiger partial charge in [0.25, 0.3) is 0 Å². The van der Waals surface area contributed by atoms with Crippen LogP contribution in [0.5, 0.6) is 0 Å². The Kier molecular flexibility index (Phi) is 4.35. The number of aromatic nitrogens is 2. The molecule has 1 aromatic carbocycles. The first-order valence-electron chi connectivity index (χ1n) is 5.53. The lowest BCUT2D eigenvalue weighted by Crippen LogP contribution is -2.19. The second-order valence-electron chi connectivity index (χ2n) is 4.01. The van der Waals surface area contributed by atoms with Crippen LogP contribution in [-0.2, 0) is 6.54 Å². The van der Waals surface area contributed by atoms with Crippen molar-refractivity contribution in [3.63, 3.8) is 0 Å². The van der Waals surface area contributed by atoms with Crippen LogP contribution < -0.4 is 4.90 Å². The molecule has 0 fully saturated rings. The predicted octanol–water partition coefficient (Wildman–Crippen LogP) is 3.23. The molecule has 2 rings (SSSR count). The van der Waals surface area contributed by atoms with Gasteiger partial charge in [0.15, 0.2) is 6.29 Å². The number of aldehydes is 1. The van der Waals surface area contributed by atoms with E-state index in [1.807, 2.05) is 36.2 Å². The van der Waals surface area contributed by atoms with Gasteiger partial charge in [0.1, 0.15) is 17.3 Å². The lowest BCUT2D eigenvalue weighted by molar-refractivity contribution is 0.112. The molecule has 0 aliphatic heterocycles. The summed E-state index contributed by atoms with van der Waals surface area (Å²) >= 11 is 11.8. The molecule has 1 heterocycles. The summed E-state index contributed by atoms with van der Waals surface area (Å²) < 4.78 is 0. The van der Waals surface area contributed by atoms with Crippen LogP contribution in [0.4, 0.5) is 5.82 Å². The van der Waals surface area contributed by atoms with Crippen molar-refractivity contribution in [3.8, 4) is 0 Å². The molecule has 2 aromatic rings. The van der Waals surface area contributed by atoms with Gasteiger partial charge in [0.2, 0.25) is 0 Å². The highest BCUT2D eigenvalue weighted by Gasteiger charge is 2.13. The van der Waals surface area contributed by atoms with Crippen LogP contribution in [0.1, 0.15) is 15.9 Å². The van der Waals surface area contributed by atoms with E-state index >= 15 is 0 Å². The van der Waals surface area contributed by atoms with E-state index in [0.29, 0.717) is 23.7 Å². The van der Waals surface area contributed by atoms with Gasteiger partial charge in [-0.15, -0.1) is 0 Å². The van der Waals surface area contributed by atoms with Gasteiger partial charge in [-0.3, -0.25) is 4.79 Å². The van der Waals surface area contributed by atoms with E-state index in [1.165, 1.54) is 6.33 Å². The Morgan fingerprint density at radius 3 is 2.79 bits per heavy atom. The first kappa shape index (κ1) is 13.8. The predicted molar refractivity (Wildman–Crippen MR) is 76.0 cm³/mol. The zero-order valence-corrected chi connectivity index (χ0v) is 11.7. The number of hydrogen-bond donors (Lipinski definition) is 0. The Balaban J connectivity index is 2.27. The van der Waals surface area contributed by atoms with E-state index in [2.05, 4.69) is 9.97 Å². The van der Waals surface area contributed by atoms with Crippen LogP contribution in [0.2, 0.25) is 10.2 Å². The lowest BCUT2D eigenvalue weighted by Gasteiger charge is -2.19. The number of hydrogen-bond acceptors (Lipinski definition) is 4. The number of halogens is 2. The molecule has 0 amide bonds. The Hall–Kier alpha value is -1.65. The highest BCUT2D eigenvalue weighted by atomic mass is 35.5. The van der Waals surface area contributed by atoms with E-state index in [0.717, 1.165) is 5.56 Å². The first-order chi connectivity index (χ1) is 9.11. The fourth-order valence-corrected chi connectivity index (χ4v) is 2.14. The minimum Gasteiger partial charge on any atom is -0.355 e. The van der Waals surface area contributed by atoms with E-state index in [4.69, 9.17) is 23.2 Å². The Bertz CT molecular complexity index is 604. The minimum atomic E-state index is 0.151. The van der Waals surface area contributed by atoms with Crippen molar-refractivity contribution in [2.75, 3.05) is 11.9 Å². The van der Waals surface area contributed by atoms with Gasteiger partial charge in [0, 0.05) is 18.6 Å². The summed E-state index contributed by atoms with van der Waals surface area (Å²) in [4.78, 5) is 20.8. The molecule has 98 valence electrons. The van der Waals surface area contributed by atoms with Gasteiger partial charge in [-0.25, -0.2) is 9.97 Å². The highest BCUT2D eigenvalue weighted by Crippen LogP contribution is 2.22. The number of rotatable bonds is 4. The summed E-state index contributed by atoms with van der Waals surface area (Å²) in [5, 5.41) is 0.820. The molecule has 0 spiro atoms. The Morgan fingerprint density at radius 2 is 2.11 bits per heavy atom. The van der Waals surface area contributed by atoms with Crippen molar-refractivity contribution in [2.24, 2.45) is 0 Å². The number of carbonyl (C=O) groups excluding carboxylic acids is 1. The molecule has 4 nitrogen and oxygen atoms in total. The Labute approximate surface area is 121 Å². The van der Waals surface area contributed by atoms with Crippen molar-refractivity contribution < 1.29 is 4.79 Å². The molecule has 1 aromatic heterocycles. The maximum Gasteiger partial charge on any atom is 0.156 e. The van der Waals surface area contributed by atoms with Crippen molar-refractivity contribution in [3.05, 3.63) is 51.9 Å². The largest absolute Gasteiger partial charge is 0.355 e. The van der Waals surface area contributed by atoms with Crippen molar-refractivity contribution in [1.82, 2.24) is 9.97 Å². The Morgan fingerprint density at radius 1 is 1.32 bits per heavy atom. The molecule has 0 aliphatic rings. The average Bonchev–Trinajstić information content (AvgIpc) is 2.38. The number of anilines is 1. The maximum absolute atomic E-state index is 11.0. The third kappa shape index (κ3) is 3.22. The molecule has 0 unspecified atom stereocenters. The normalized spacial score (nSPS) is 10.3. The number of nitrogens with zero attached hydrogens (tertiary/aromatic N) is 3. The topological polar surface area (TPSA) is 46.1 Å². The second kappa shape index (κ2) is 5.99. The quantitative estimate of drug-likeness (QED) is 0.642. The molecule has 0 saturated carbocycles. The highest BCUT2D eigenvalue weighted by molar-refractivity contribution is 6.32. The van der Waals surface area contributed by atoms with E-state index in [9.17, 15) is 4.79 Å². The number of benzene rings is 1. The van der Waals surface area contributed by atoms with Gasteiger partial charge >= 0.3 is 0 Å². The SMILES string of the molecule is CN(Cc1cccc(Cl)c1)c1ncnc(Cl)c1C=O. The van der Waals surface area contributed by atoms with Crippen LogP contribution in [0.3, 0.4) is 0 Å². The monoisotopic (exact) mass is 295 g/mol. The first-order valence-corrected chi connectivity index (χ1v) is 6.28. The van der Waals surface area contributed by atoms with E-state index in [-0.39, 0.29) is 10.7 Å². The molecule has 19 heavy (non-hydrogen) atoms. The van der Waals surface area contributed by atoms with Crippen LogP contribution in [-0.4, -0.2) is 23.3 Å². The molecule has 0 bridgehead atoms. The van der Waals surface area contributed by atoms with Crippen molar-refractivity contribution in [2.45, 2.75) is 6.54 Å². The molecular weight excluding hydrogens is 285 g/mol. The smallest absolute Gasteiger partial charge is 0.156 e. The average molecular weight is 296 g/mol. The van der Waals surface area contributed by atoms with Crippen molar-refractivity contribution in [1.29, 1.82) is 0 Å². The molecule has 0 saturated heterocycles. The molecular formula is C13H11Cl2N3O. The standard InChI is InChI=1S/C13H11Cl2N3O/c1-18(6-9-3-2-4-10(14)5-9)13-11(7-19)12(15)16-8-17-13/h2-5,7-8H,6H2,1H3. The third-order valence-corrected chi connectivity index (χ3v) is 3.14. The maximum atomic E-state index is 11.0. The van der Waals surface area contributed by atoms with Crippen LogP contribution in [0.15, 0.2) is 30.6 Å². The van der Waals surface area contributed by atoms with Gasteiger partial charge in [-0.1, -0.05) is 35.3 Å². The van der Waals surface area contributed by atoms with Gasteiger partial charge in [0.05, 0.1) is 5.56 Å². The summed E-state index contributed by atoms with van der Waals surface area (Å²) in [6, 6.07) is 7.50. The molecule has 6 heteroatoms.